The van der Waals surface area contributed by atoms with E-state index in [1.165, 1.54) is 4.31 Å². The largest absolute Gasteiger partial charge is 0.370 e. The number of hydrogen-bond donors (Lipinski definition) is 1. The third-order valence-corrected chi connectivity index (χ3v) is 7.62. The first-order valence-electron chi connectivity index (χ1n) is 10.3. The fourth-order valence-electron chi connectivity index (χ4n) is 4.16. The van der Waals surface area contributed by atoms with E-state index in [0.717, 1.165) is 37.3 Å². The molecule has 7 heteroatoms. The van der Waals surface area contributed by atoms with Gasteiger partial charge in [-0.15, -0.1) is 0 Å². The number of anilines is 2. The van der Waals surface area contributed by atoms with Gasteiger partial charge in [0.25, 0.3) is 0 Å². The first-order valence-corrected chi connectivity index (χ1v) is 11.7. The molecule has 1 unspecified atom stereocenters. The number of piperidine rings is 1. The van der Waals surface area contributed by atoms with E-state index in [0.29, 0.717) is 19.4 Å². The molecule has 0 radical (unpaired) electrons. The fraction of sp³-hybridized carbons (Fsp3) is 0.409. The van der Waals surface area contributed by atoms with Crippen LogP contribution in [0, 0.1) is 5.92 Å². The van der Waals surface area contributed by atoms with Crippen molar-refractivity contribution in [2.75, 3.05) is 36.4 Å². The van der Waals surface area contributed by atoms with Crippen molar-refractivity contribution in [2.45, 2.75) is 30.6 Å². The molecule has 1 atom stereocenters. The third kappa shape index (κ3) is 4.31. The Balaban J connectivity index is 1.47. The molecule has 2 fully saturated rings. The zero-order valence-corrected chi connectivity index (χ0v) is 17.3. The van der Waals surface area contributed by atoms with Crippen molar-refractivity contribution < 1.29 is 13.2 Å². The maximum absolute atomic E-state index is 13.0. The molecule has 29 heavy (non-hydrogen) atoms. The van der Waals surface area contributed by atoms with Crippen LogP contribution in [-0.2, 0) is 14.8 Å². The molecule has 2 saturated heterocycles. The summed E-state index contributed by atoms with van der Waals surface area (Å²) in [5.41, 5.74) is 1.85. The van der Waals surface area contributed by atoms with Crippen LogP contribution >= 0.6 is 0 Å². The summed E-state index contributed by atoms with van der Waals surface area (Å²) in [6.45, 7) is 2.67. The molecule has 2 aromatic rings. The minimum absolute atomic E-state index is 0.107. The first-order chi connectivity index (χ1) is 14.1. The summed E-state index contributed by atoms with van der Waals surface area (Å²) in [6, 6.07) is 16.3. The van der Waals surface area contributed by atoms with Crippen molar-refractivity contribution in [1.29, 1.82) is 0 Å². The van der Waals surface area contributed by atoms with Crippen molar-refractivity contribution in [3.8, 4) is 0 Å². The van der Waals surface area contributed by atoms with E-state index >= 15 is 0 Å². The van der Waals surface area contributed by atoms with Gasteiger partial charge in [-0.1, -0.05) is 30.3 Å². The van der Waals surface area contributed by atoms with Gasteiger partial charge in [0.15, 0.2) is 0 Å². The normalized spacial score (nSPS) is 20.6. The van der Waals surface area contributed by atoms with Gasteiger partial charge in [-0.3, -0.25) is 4.79 Å². The average molecular weight is 414 g/mol. The minimum Gasteiger partial charge on any atom is -0.370 e. The number of amides is 1. The second kappa shape index (κ2) is 8.55. The zero-order chi connectivity index (χ0) is 20.3. The number of nitrogens with one attached hydrogen (secondary N) is 1. The Morgan fingerprint density at radius 2 is 1.59 bits per heavy atom. The van der Waals surface area contributed by atoms with Gasteiger partial charge < -0.3 is 10.2 Å². The van der Waals surface area contributed by atoms with Crippen LogP contribution in [0.4, 0.5) is 11.4 Å². The van der Waals surface area contributed by atoms with Gasteiger partial charge in [0, 0.05) is 26.2 Å². The average Bonchev–Trinajstić information content (AvgIpc) is 3.29. The van der Waals surface area contributed by atoms with E-state index in [4.69, 9.17) is 0 Å². The molecule has 0 aliphatic carbocycles. The van der Waals surface area contributed by atoms with Crippen molar-refractivity contribution in [3.05, 3.63) is 54.6 Å². The van der Waals surface area contributed by atoms with Gasteiger partial charge in [0.2, 0.25) is 15.9 Å². The highest BCUT2D eigenvalue weighted by molar-refractivity contribution is 7.89. The summed E-state index contributed by atoms with van der Waals surface area (Å²) in [7, 11) is -3.58. The molecule has 2 heterocycles. The first kappa shape index (κ1) is 19.9. The molecule has 154 valence electrons. The van der Waals surface area contributed by atoms with Gasteiger partial charge in [-0.2, -0.15) is 4.31 Å². The lowest BCUT2D eigenvalue weighted by Gasteiger charge is -2.31. The molecular formula is C22H27N3O3S. The van der Waals surface area contributed by atoms with Gasteiger partial charge >= 0.3 is 0 Å². The molecule has 0 saturated carbocycles. The van der Waals surface area contributed by atoms with Crippen LogP contribution in [0.2, 0.25) is 0 Å². The Labute approximate surface area is 172 Å². The van der Waals surface area contributed by atoms with Crippen molar-refractivity contribution in [2.24, 2.45) is 5.92 Å². The molecule has 1 N–H and O–H groups in total. The highest BCUT2D eigenvalue weighted by Gasteiger charge is 2.33. The summed E-state index contributed by atoms with van der Waals surface area (Å²) in [5, 5.41) is 3.07. The SMILES string of the molecule is O=C(Nc1ccccc1N1CCCC1)C1CCCN(S(=O)(=O)c2ccccc2)C1. The summed E-state index contributed by atoms with van der Waals surface area (Å²) < 4.78 is 27.3. The van der Waals surface area contributed by atoms with Gasteiger partial charge in [0.1, 0.15) is 0 Å². The predicted octanol–water partition coefficient (Wildman–Crippen LogP) is 3.33. The molecule has 6 nitrogen and oxygen atoms in total. The predicted molar refractivity (Wildman–Crippen MR) is 114 cm³/mol. The highest BCUT2D eigenvalue weighted by atomic mass is 32.2. The monoisotopic (exact) mass is 413 g/mol. The minimum atomic E-state index is -3.58. The van der Waals surface area contributed by atoms with Gasteiger partial charge in [-0.05, 0) is 49.9 Å². The summed E-state index contributed by atoms with van der Waals surface area (Å²) in [6.07, 6.45) is 3.70. The van der Waals surface area contributed by atoms with E-state index in [9.17, 15) is 13.2 Å². The van der Waals surface area contributed by atoms with Crippen molar-refractivity contribution >= 4 is 27.3 Å². The Kier molecular flexibility index (Phi) is 5.87. The number of sulfonamides is 1. The fourth-order valence-corrected chi connectivity index (χ4v) is 5.71. The summed E-state index contributed by atoms with van der Waals surface area (Å²) in [5.74, 6) is -0.460. The molecule has 0 spiro atoms. The maximum atomic E-state index is 13.0. The van der Waals surface area contributed by atoms with E-state index in [-0.39, 0.29) is 23.3 Å². The van der Waals surface area contributed by atoms with Crippen LogP contribution in [0.5, 0.6) is 0 Å². The van der Waals surface area contributed by atoms with Gasteiger partial charge in [-0.25, -0.2) is 8.42 Å². The summed E-state index contributed by atoms with van der Waals surface area (Å²) in [4.78, 5) is 15.6. The Bertz CT molecular complexity index is 956. The lowest BCUT2D eigenvalue weighted by Crippen LogP contribution is -2.43. The van der Waals surface area contributed by atoms with Crippen molar-refractivity contribution in [3.63, 3.8) is 0 Å². The van der Waals surface area contributed by atoms with Crippen LogP contribution < -0.4 is 10.2 Å². The number of carbonyl (C=O) groups is 1. The van der Waals surface area contributed by atoms with Crippen LogP contribution in [0.15, 0.2) is 59.5 Å². The molecule has 0 bridgehead atoms. The van der Waals surface area contributed by atoms with Crippen molar-refractivity contribution in [1.82, 2.24) is 4.31 Å². The molecular weight excluding hydrogens is 386 g/mol. The topological polar surface area (TPSA) is 69.7 Å². The zero-order valence-electron chi connectivity index (χ0n) is 16.5. The van der Waals surface area contributed by atoms with Gasteiger partial charge in [0.05, 0.1) is 22.2 Å². The standard InChI is InChI=1S/C22H27N3O3S/c26-22(23-20-12-4-5-13-21(20)24-14-6-7-15-24)18-9-8-16-25(17-18)29(27,28)19-10-2-1-3-11-19/h1-5,10-13,18H,6-9,14-17H2,(H,23,26). The van der Waals surface area contributed by atoms with E-state index < -0.39 is 10.0 Å². The number of hydrogen-bond acceptors (Lipinski definition) is 4. The second-order valence-electron chi connectivity index (χ2n) is 7.72. The number of carbonyl (C=O) groups excluding carboxylic acids is 1. The second-order valence-corrected chi connectivity index (χ2v) is 9.65. The number of para-hydroxylation sites is 2. The number of rotatable bonds is 5. The lowest BCUT2D eigenvalue weighted by molar-refractivity contribution is -0.120. The molecule has 2 aromatic carbocycles. The van der Waals surface area contributed by atoms with Crippen LogP contribution in [0.3, 0.4) is 0 Å². The number of benzene rings is 2. The maximum Gasteiger partial charge on any atom is 0.243 e. The Hall–Kier alpha value is -2.38. The van der Waals surface area contributed by atoms with Crippen LogP contribution in [0.1, 0.15) is 25.7 Å². The molecule has 2 aliphatic rings. The van der Waals surface area contributed by atoms with E-state index in [1.807, 2.05) is 24.3 Å². The molecule has 4 rings (SSSR count). The number of nitrogens with zero attached hydrogens (tertiary/aromatic N) is 2. The highest BCUT2D eigenvalue weighted by Crippen LogP contribution is 2.30. The molecule has 1 amide bonds. The van der Waals surface area contributed by atoms with E-state index in [2.05, 4.69) is 10.2 Å². The lowest BCUT2D eigenvalue weighted by atomic mass is 9.98. The van der Waals surface area contributed by atoms with E-state index in [1.54, 1.807) is 30.3 Å². The molecule has 0 aromatic heterocycles. The Morgan fingerprint density at radius 1 is 0.897 bits per heavy atom. The molecule has 2 aliphatic heterocycles. The summed E-state index contributed by atoms with van der Waals surface area (Å²) >= 11 is 0. The van der Waals surface area contributed by atoms with Crippen LogP contribution in [0.25, 0.3) is 0 Å². The quantitative estimate of drug-likeness (QED) is 0.816. The Morgan fingerprint density at radius 3 is 2.34 bits per heavy atom. The third-order valence-electron chi connectivity index (χ3n) is 5.74. The van der Waals surface area contributed by atoms with Crippen LogP contribution in [-0.4, -0.2) is 44.8 Å². The smallest absolute Gasteiger partial charge is 0.243 e.